The number of hydrogen-bond acceptors (Lipinski definition) is 6. The van der Waals surface area contributed by atoms with Gasteiger partial charge in [-0.25, -0.2) is 15.8 Å². The van der Waals surface area contributed by atoms with Crippen molar-refractivity contribution < 1.29 is 0 Å². The van der Waals surface area contributed by atoms with Gasteiger partial charge in [0.2, 0.25) is 0 Å². The maximum atomic E-state index is 5.57. The fourth-order valence-electron chi connectivity index (χ4n) is 2.30. The lowest BCUT2D eigenvalue weighted by atomic mass is 10.1. The fraction of sp³-hybridized carbons (Fsp3) is 0.400. The van der Waals surface area contributed by atoms with Gasteiger partial charge in [0.1, 0.15) is 18.0 Å². The molecule has 2 aromatic heterocycles. The van der Waals surface area contributed by atoms with Gasteiger partial charge < -0.3 is 10.3 Å². The second kappa shape index (κ2) is 7.54. The Labute approximate surface area is 125 Å². The van der Waals surface area contributed by atoms with Crippen LogP contribution in [0, 0.1) is 0 Å². The van der Waals surface area contributed by atoms with Crippen LogP contribution in [0.15, 0.2) is 30.7 Å². The molecule has 0 spiro atoms. The molecule has 0 unspecified atom stereocenters. The van der Waals surface area contributed by atoms with Gasteiger partial charge in [0.25, 0.3) is 0 Å². The summed E-state index contributed by atoms with van der Waals surface area (Å²) in [4.78, 5) is 15.3. The van der Waals surface area contributed by atoms with Crippen LogP contribution in [0.25, 0.3) is 0 Å². The van der Waals surface area contributed by atoms with Crippen molar-refractivity contribution in [2.75, 3.05) is 16.9 Å². The van der Waals surface area contributed by atoms with Crippen LogP contribution >= 0.6 is 0 Å². The molecule has 0 bridgehead atoms. The molecule has 112 valence electrons. The molecular formula is C15H22N6. The van der Waals surface area contributed by atoms with Crippen molar-refractivity contribution in [2.24, 2.45) is 5.84 Å². The summed E-state index contributed by atoms with van der Waals surface area (Å²) >= 11 is 0. The number of rotatable bonds is 7. The van der Waals surface area contributed by atoms with Gasteiger partial charge in [-0.3, -0.25) is 4.98 Å². The molecule has 0 aliphatic rings. The van der Waals surface area contributed by atoms with E-state index in [-0.39, 0.29) is 0 Å². The highest BCUT2D eigenvalue weighted by Crippen LogP contribution is 2.25. The molecule has 2 heterocycles. The molecule has 6 nitrogen and oxygen atoms in total. The lowest BCUT2D eigenvalue weighted by Crippen LogP contribution is -2.26. The zero-order chi connectivity index (χ0) is 15.1. The van der Waals surface area contributed by atoms with Crippen molar-refractivity contribution in [3.63, 3.8) is 0 Å². The smallest absolute Gasteiger partial charge is 0.148 e. The number of anilines is 2. The Balaban J connectivity index is 2.33. The molecule has 0 fully saturated rings. The first-order valence-corrected chi connectivity index (χ1v) is 7.25. The van der Waals surface area contributed by atoms with E-state index in [1.807, 2.05) is 24.4 Å². The van der Waals surface area contributed by atoms with Gasteiger partial charge in [-0.15, -0.1) is 0 Å². The van der Waals surface area contributed by atoms with Crippen LogP contribution in [-0.2, 0) is 13.0 Å². The van der Waals surface area contributed by atoms with Crippen molar-refractivity contribution in [1.29, 1.82) is 0 Å². The van der Waals surface area contributed by atoms with Crippen LogP contribution in [0.5, 0.6) is 0 Å². The Hall–Kier alpha value is -2.21. The third-order valence-electron chi connectivity index (χ3n) is 3.32. The van der Waals surface area contributed by atoms with Crippen molar-refractivity contribution >= 4 is 11.6 Å². The predicted molar refractivity (Wildman–Crippen MR) is 84.8 cm³/mol. The van der Waals surface area contributed by atoms with Gasteiger partial charge in [0.05, 0.1) is 12.2 Å². The van der Waals surface area contributed by atoms with Crippen LogP contribution in [0.2, 0.25) is 0 Å². The van der Waals surface area contributed by atoms with Crippen molar-refractivity contribution in [3.05, 3.63) is 42.0 Å². The molecule has 0 saturated heterocycles. The molecule has 0 aliphatic carbocycles. The van der Waals surface area contributed by atoms with Crippen LogP contribution in [0.1, 0.15) is 31.5 Å². The van der Waals surface area contributed by atoms with E-state index in [1.165, 1.54) is 0 Å². The minimum Gasteiger partial charge on any atom is -0.351 e. The average Bonchev–Trinajstić information content (AvgIpc) is 2.54. The molecule has 21 heavy (non-hydrogen) atoms. The fourth-order valence-corrected chi connectivity index (χ4v) is 2.30. The van der Waals surface area contributed by atoms with Crippen LogP contribution in [0.4, 0.5) is 11.6 Å². The van der Waals surface area contributed by atoms with E-state index >= 15 is 0 Å². The molecule has 3 N–H and O–H groups in total. The number of nitrogens with two attached hydrogens (primary N) is 1. The first-order chi connectivity index (χ1) is 10.3. The van der Waals surface area contributed by atoms with Gasteiger partial charge in [-0.05, 0) is 25.5 Å². The Morgan fingerprint density at radius 3 is 2.67 bits per heavy atom. The van der Waals surface area contributed by atoms with E-state index in [9.17, 15) is 0 Å². The molecule has 0 amide bonds. The molecule has 0 aliphatic heterocycles. The van der Waals surface area contributed by atoms with Crippen molar-refractivity contribution in [3.8, 4) is 0 Å². The van der Waals surface area contributed by atoms with Gasteiger partial charge in [0.15, 0.2) is 0 Å². The topological polar surface area (TPSA) is 80.0 Å². The minimum absolute atomic E-state index is 0.696. The van der Waals surface area contributed by atoms with E-state index in [2.05, 4.69) is 39.1 Å². The van der Waals surface area contributed by atoms with Gasteiger partial charge in [-0.1, -0.05) is 19.4 Å². The van der Waals surface area contributed by atoms with E-state index in [4.69, 9.17) is 5.84 Å². The number of nitrogens with one attached hydrogen (secondary N) is 1. The molecule has 2 aromatic rings. The molecule has 0 aromatic carbocycles. The largest absolute Gasteiger partial charge is 0.351 e. The number of hydrogen-bond donors (Lipinski definition) is 2. The van der Waals surface area contributed by atoms with Crippen LogP contribution in [0.3, 0.4) is 0 Å². The zero-order valence-corrected chi connectivity index (χ0v) is 12.6. The summed E-state index contributed by atoms with van der Waals surface area (Å²) in [6.07, 6.45) is 5.25. The Morgan fingerprint density at radius 2 is 2.05 bits per heavy atom. The first kappa shape index (κ1) is 15.2. The summed E-state index contributed by atoms with van der Waals surface area (Å²) in [6, 6.07) is 5.94. The third-order valence-corrected chi connectivity index (χ3v) is 3.32. The van der Waals surface area contributed by atoms with Crippen molar-refractivity contribution in [2.45, 2.75) is 33.2 Å². The standard InChI is InChI=1S/C15H22N6/c1-3-7-13-14(20-16)18-11-19-15(13)21(4-2)10-12-8-5-6-9-17-12/h5-6,8-9,11H,3-4,7,10,16H2,1-2H3,(H,18,19,20). The second-order valence-electron chi connectivity index (χ2n) is 4.75. The van der Waals surface area contributed by atoms with E-state index in [0.717, 1.165) is 43.0 Å². The SMILES string of the molecule is CCCc1c(NN)ncnc1N(CC)Cc1ccccn1. The summed E-state index contributed by atoms with van der Waals surface area (Å²) in [7, 11) is 0. The number of aromatic nitrogens is 3. The molecule has 0 saturated carbocycles. The summed E-state index contributed by atoms with van der Waals surface area (Å²) in [5.41, 5.74) is 4.74. The number of hydrazine groups is 1. The maximum Gasteiger partial charge on any atom is 0.148 e. The van der Waals surface area contributed by atoms with E-state index in [1.54, 1.807) is 6.33 Å². The normalized spacial score (nSPS) is 10.4. The Bertz CT molecular complexity index is 557. The summed E-state index contributed by atoms with van der Waals surface area (Å²) in [5.74, 6) is 7.19. The number of pyridine rings is 1. The van der Waals surface area contributed by atoms with E-state index in [0.29, 0.717) is 5.82 Å². The molecule has 0 atom stereocenters. The highest BCUT2D eigenvalue weighted by atomic mass is 15.3. The van der Waals surface area contributed by atoms with Crippen molar-refractivity contribution in [1.82, 2.24) is 15.0 Å². The summed E-state index contributed by atoms with van der Waals surface area (Å²) in [5, 5.41) is 0. The van der Waals surface area contributed by atoms with Gasteiger partial charge in [0, 0.05) is 18.3 Å². The highest BCUT2D eigenvalue weighted by molar-refractivity contribution is 5.58. The zero-order valence-electron chi connectivity index (χ0n) is 12.6. The average molecular weight is 286 g/mol. The molecule has 6 heteroatoms. The monoisotopic (exact) mass is 286 g/mol. The minimum atomic E-state index is 0.696. The predicted octanol–water partition coefficient (Wildman–Crippen LogP) is 2.14. The number of nitrogen functional groups attached to an aromatic ring is 1. The maximum absolute atomic E-state index is 5.57. The lowest BCUT2D eigenvalue weighted by Gasteiger charge is -2.24. The summed E-state index contributed by atoms with van der Waals surface area (Å²) < 4.78 is 0. The number of nitrogens with zero attached hydrogens (tertiary/aromatic N) is 4. The summed E-state index contributed by atoms with van der Waals surface area (Å²) in [6.45, 7) is 5.80. The highest BCUT2D eigenvalue weighted by Gasteiger charge is 2.16. The molecule has 2 rings (SSSR count). The van der Waals surface area contributed by atoms with Gasteiger partial charge >= 0.3 is 0 Å². The quantitative estimate of drug-likeness (QED) is 0.599. The first-order valence-electron chi connectivity index (χ1n) is 7.25. The van der Waals surface area contributed by atoms with Crippen LogP contribution in [-0.4, -0.2) is 21.5 Å². The van der Waals surface area contributed by atoms with Crippen LogP contribution < -0.4 is 16.2 Å². The Kier molecular flexibility index (Phi) is 5.45. The molecule has 0 radical (unpaired) electrons. The van der Waals surface area contributed by atoms with Gasteiger partial charge in [-0.2, -0.15) is 0 Å². The van der Waals surface area contributed by atoms with E-state index < -0.39 is 0 Å². The lowest BCUT2D eigenvalue weighted by molar-refractivity contribution is 0.773. The Morgan fingerprint density at radius 1 is 1.19 bits per heavy atom. The second-order valence-corrected chi connectivity index (χ2v) is 4.75. The molecular weight excluding hydrogens is 264 g/mol. The third kappa shape index (κ3) is 3.66.